The molecule has 1 aliphatic rings. The van der Waals surface area contributed by atoms with Crippen molar-refractivity contribution >= 4 is 35.9 Å². The topological polar surface area (TPSA) is 91.8 Å². The minimum absolute atomic E-state index is 0.292. The lowest BCUT2D eigenvalue weighted by Gasteiger charge is -2.26. The van der Waals surface area contributed by atoms with E-state index in [0.717, 1.165) is 11.3 Å². The number of nitrogens with one attached hydrogen (secondary N) is 2. The standard InChI is InChI=1S/C21H22FN7O/c1-2-4-17-14-19(28-27-17)24-20-23-18(8-7-15-5-3-6-16(22)13-15)25-21(26-20)29-9-11-30-12-10-29/h2-8,13-14H,9-12H2,1H3,(H2,23,24,25,26,27,28)/b4-2+,8-7+. The van der Waals surface area contributed by atoms with Crippen LogP contribution >= 0.6 is 0 Å². The quantitative estimate of drug-likeness (QED) is 0.646. The van der Waals surface area contributed by atoms with Crippen LogP contribution in [0.1, 0.15) is 24.0 Å². The number of nitrogens with zero attached hydrogens (tertiary/aromatic N) is 5. The van der Waals surface area contributed by atoms with E-state index in [1.165, 1.54) is 12.1 Å². The van der Waals surface area contributed by atoms with E-state index in [0.29, 0.717) is 49.8 Å². The fourth-order valence-corrected chi connectivity index (χ4v) is 2.98. The Morgan fingerprint density at radius 1 is 1.10 bits per heavy atom. The third-order valence-corrected chi connectivity index (χ3v) is 4.39. The average molecular weight is 407 g/mol. The third kappa shape index (κ3) is 5.06. The van der Waals surface area contributed by atoms with Gasteiger partial charge >= 0.3 is 0 Å². The maximum absolute atomic E-state index is 13.4. The van der Waals surface area contributed by atoms with E-state index >= 15 is 0 Å². The molecule has 9 heteroatoms. The molecule has 1 saturated heterocycles. The number of anilines is 3. The second-order valence-electron chi connectivity index (χ2n) is 6.64. The summed E-state index contributed by atoms with van der Waals surface area (Å²) in [5, 5.41) is 10.3. The van der Waals surface area contributed by atoms with Gasteiger partial charge in [0.1, 0.15) is 5.82 Å². The van der Waals surface area contributed by atoms with Gasteiger partial charge in [0.05, 0.1) is 18.9 Å². The Morgan fingerprint density at radius 2 is 1.97 bits per heavy atom. The SMILES string of the molecule is C/C=C/c1cc(Nc2nc(/C=C/c3cccc(F)c3)nc(N3CCOCC3)n2)n[nH]1. The van der Waals surface area contributed by atoms with Gasteiger partial charge in [-0.1, -0.05) is 24.3 Å². The first-order chi connectivity index (χ1) is 14.7. The Balaban J connectivity index is 1.63. The predicted molar refractivity (Wildman–Crippen MR) is 115 cm³/mol. The van der Waals surface area contributed by atoms with Crippen LogP contribution in [0.5, 0.6) is 0 Å². The van der Waals surface area contributed by atoms with Crippen molar-refractivity contribution in [3.8, 4) is 0 Å². The molecule has 0 atom stereocenters. The number of hydrogen-bond acceptors (Lipinski definition) is 7. The summed E-state index contributed by atoms with van der Waals surface area (Å²) in [6.07, 6.45) is 7.34. The molecule has 0 unspecified atom stereocenters. The fraction of sp³-hybridized carbons (Fsp3) is 0.238. The maximum Gasteiger partial charge on any atom is 0.233 e. The van der Waals surface area contributed by atoms with E-state index in [-0.39, 0.29) is 5.82 Å². The molecule has 1 aliphatic heterocycles. The van der Waals surface area contributed by atoms with Crippen molar-refractivity contribution < 1.29 is 9.13 Å². The minimum Gasteiger partial charge on any atom is -0.378 e. The van der Waals surface area contributed by atoms with Crippen molar-refractivity contribution in [2.45, 2.75) is 6.92 Å². The number of rotatable bonds is 6. The summed E-state index contributed by atoms with van der Waals surface area (Å²) in [5.41, 5.74) is 1.59. The van der Waals surface area contributed by atoms with Crippen LogP contribution in [0.15, 0.2) is 36.4 Å². The number of benzene rings is 1. The Labute approximate surface area is 173 Å². The number of allylic oxidation sites excluding steroid dienone is 1. The van der Waals surface area contributed by atoms with Crippen molar-refractivity contribution in [3.63, 3.8) is 0 Å². The third-order valence-electron chi connectivity index (χ3n) is 4.39. The van der Waals surface area contributed by atoms with Crippen molar-refractivity contribution in [2.24, 2.45) is 0 Å². The number of hydrogen-bond donors (Lipinski definition) is 2. The van der Waals surface area contributed by atoms with Gasteiger partial charge in [-0.25, -0.2) is 4.39 Å². The van der Waals surface area contributed by atoms with Gasteiger partial charge in [0.15, 0.2) is 11.6 Å². The van der Waals surface area contributed by atoms with Crippen LogP contribution in [0.4, 0.5) is 22.1 Å². The normalized spacial score (nSPS) is 14.7. The number of ether oxygens (including phenoxy) is 1. The molecular weight excluding hydrogens is 385 g/mol. The Morgan fingerprint density at radius 3 is 2.77 bits per heavy atom. The summed E-state index contributed by atoms with van der Waals surface area (Å²) < 4.78 is 18.9. The Kier molecular flexibility index (Phi) is 6.09. The number of aromatic nitrogens is 5. The van der Waals surface area contributed by atoms with Crippen molar-refractivity contribution in [1.82, 2.24) is 25.1 Å². The molecule has 0 saturated carbocycles. The summed E-state index contributed by atoms with van der Waals surface area (Å²) in [6.45, 7) is 4.57. The van der Waals surface area contributed by atoms with E-state index < -0.39 is 0 Å². The molecule has 8 nitrogen and oxygen atoms in total. The number of morpholine rings is 1. The van der Waals surface area contributed by atoms with Crippen molar-refractivity contribution in [2.75, 3.05) is 36.5 Å². The summed E-state index contributed by atoms with van der Waals surface area (Å²) in [7, 11) is 0. The lowest BCUT2D eigenvalue weighted by Crippen LogP contribution is -2.37. The van der Waals surface area contributed by atoms with E-state index in [2.05, 4.69) is 30.5 Å². The number of H-pyrrole nitrogens is 1. The lowest BCUT2D eigenvalue weighted by molar-refractivity contribution is 0.122. The molecule has 2 N–H and O–H groups in total. The first-order valence-corrected chi connectivity index (χ1v) is 9.67. The molecule has 2 aromatic heterocycles. The smallest absolute Gasteiger partial charge is 0.233 e. The van der Waals surface area contributed by atoms with Crippen molar-refractivity contribution in [3.05, 3.63) is 59.3 Å². The molecule has 30 heavy (non-hydrogen) atoms. The van der Waals surface area contributed by atoms with Gasteiger partial charge in [-0.2, -0.15) is 20.1 Å². The molecule has 1 aromatic carbocycles. The Hall–Kier alpha value is -3.59. The van der Waals surface area contributed by atoms with E-state index in [1.54, 1.807) is 18.2 Å². The molecule has 3 aromatic rings. The van der Waals surface area contributed by atoms with Gasteiger partial charge in [0.2, 0.25) is 11.9 Å². The minimum atomic E-state index is -0.292. The molecule has 0 spiro atoms. The van der Waals surface area contributed by atoms with Crippen LogP contribution in [0.2, 0.25) is 0 Å². The maximum atomic E-state index is 13.4. The predicted octanol–water partition coefficient (Wildman–Crippen LogP) is 3.52. The van der Waals surface area contributed by atoms with Gasteiger partial charge < -0.3 is 15.0 Å². The second-order valence-corrected chi connectivity index (χ2v) is 6.64. The molecule has 3 heterocycles. The van der Waals surface area contributed by atoms with Crippen LogP contribution in [0, 0.1) is 5.82 Å². The monoisotopic (exact) mass is 407 g/mol. The highest BCUT2D eigenvalue weighted by Gasteiger charge is 2.16. The van der Waals surface area contributed by atoms with Crippen molar-refractivity contribution in [1.29, 1.82) is 0 Å². The zero-order chi connectivity index (χ0) is 20.8. The first-order valence-electron chi connectivity index (χ1n) is 9.67. The van der Waals surface area contributed by atoms with Gasteiger partial charge in [-0.05, 0) is 36.8 Å². The number of halogens is 1. The summed E-state index contributed by atoms with van der Waals surface area (Å²) in [4.78, 5) is 15.6. The molecule has 0 amide bonds. The highest BCUT2D eigenvalue weighted by molar-refractivity contribution is 5.67. The molecule has 1 fully saturated rings. The zero-order valence-electron chi connectivity index (χ0n) is 16.5. The molecule has 0 bridgehead atoms. The van der Waals surface area contributed by atoms with E-state index in [9.17, 15) is 4.39 Å². The largest absolute Gasteiger partial charge is 0.378 e. The highest BCUT2D eigenvalue weighted by Crippen LogP contribution is 2.18. The fourth-order valence-electron chi connectivity index (χ4n) is 2.98. The van der Waals surface area contributed by atoms with Crippen LogP contribution < -0.4 is 10.2 Å². The van der Waals surface area contributed by atoms with Crippen LogP contribution in [0.25, 0.3) is 18.2 Å². The molecule has 0 radical (unpaired) electrons. The summed E-state index contributed by atoms with van der Waals surface area (Å²) in [5.74, 6) is 1.70. The van der Waals surface area contributed by atoms with Crippen LogP contribution in [-0.2, 0) is 4.74 Å². The lowest BCUT2D eigenvalue weighted by atomic mass is 10.2. The second kappa shape index (κ2) is 9.27. The summed E-state index contributed by atoms with van der Waals surface area (Å²) in [6, 6.07) is 8.20. The van der Waals surface area contributed by atoms with Crippen LogP contribution in [-0.4, -0.2) is 51.5 Å². The zero-order valence-corrected chi connectivity index (χ0v) is 16.5. The molecular formula is C21H22FN7O. The van der Waals surface area contributed by atoms with Gasteiger partial charge in [0.25, 0.3) is 0 Å². The Bertz CT molecular complexity index is 1060. The van der Waals surface area contributed by atoms with E-state index in [4.69, 9.17) is 4.74 Å². The molecule has 4 rings (SSSR count). The molecule has 154 valence electrons. The highest BCUT2D eigenvalue weighted by atomic mass is 19.1. The van der Waals surface area contributed by atoms with Crippen LogP contribution in [0.3, 0.4) is 0 Å². The first kappa shape index (κ1) is 19.7. The van der Waals surface area contributed by atoms with Gasteiger partial charge in [0, 0.05) is 19.2 Å². The molecule has 0 aliphatic carbocycles. The number of aromatic amines is 1. The van der Waals surface area contributed by atoms with Gasteiger partial charge in [-0.15, -0.1) is 0 Å². The average Bonchev–Trinajstić information content (AvgIpc) is 3.20. The van der Waals surface area contributed by atoms with E-state index in [1.807, 2.05) is 36.1 Å². The van der Waals surface area contributed by atoms with Gasteiger partial charge in [-0.3, -0.25) is 5.10 Å². The summed E-state index contributed by atoms with van der Waals surface area (Å²) >= 11 is 0.